The Morgan fingerprint density at radius 2 is 1.89 bits per heavy atom. The summed E-state index contributed by atoms with van der Waals surface area (Å²) in [5, 5.41) is 13.7. The molecule has 1 aliphatic carbocycles. The van der Waals surface area contributed by atoms with Crippen molar-refractivity contribution in [2.75, 3.05) is 18.4 Å². The topological polar surface area (TPSA) is 65.2 Å². The van der Waals surface area contributed by atoms with E-state index in [1.54, 1.807) is 0 Å². The van der Waals surface area contributed by atoms with Gasteiger partial charge in [-0.15, -0.1) is 11.3 Å². The molecule has 4 N–H and O–H groups in total. The van der Waals surface area contributed by atoms with Crippen molar-refractivity contribution in [3.63, 3.8) is 0 Å². The maximum absolute atomic E-state index is 13.2. The van der Waals surface area contributed by atoms with Crippen LogP contribution in [0.5, 0.6) is 0 Å². The van der Waals surface area contributed by atoms with Gasteiger partial charge in [-0.3, -0.25) is 4.79 Å². The van der Waals surface area contributed by atoms with Gasteiger partial charge in [-0.2, -0.15) is 0 Å². The van der Waals surface area contributed by atoms with Crippen LogP contribution in [0, 0.1) is 6.92 Å². The summed E-state index contributed by atoms with van der Waals surface area (Å²) in [6.45, 7) is 6.92. The summed E-state index contributed by atoms with van der Waals surface area (Å²) in [5.41, 5.74) is 5.03. The molecule has 1 atom stereocenters. The summed E-state index contributed by atoms with van der Waals surface area (Å²) in [4.78, 5) is 15.8. The van der Waals surface area contributed by atoms with Crippen molar-refractivity contribution in [2.24, 2.45) is 0 Å². The van der Waals surface area contributed by atoms with Crippen molar-refractivity contribution in [3.05, 3.63) is 76.2 Å². The molecule has 1 saturated carbocycles. The molecular weight excluding hydrogens is 452 g/mol. The molecule has 6 heteroatoms. The van der Waals surface area contributed by atoms with Crippen molar-refractivity contribution < 1.29 is 4.79 Å². The largest absolute Gasteiger partial charge is 0.380 e. The fourth-order valence-corrected chi connectivity index (χ4v) is 5.86. The van der Waals surface area contributed by atoms with E-state index in [4.69, 9.17) is 0 Å². The molecule has 0 spiro atoms. The summed E-state index contributed by atoms with van der Waals surface area (Å²) in [7, 11) is 0. The number of rotatable bonds is 9. The van der Waals surface area contributed by atoms with Gasteiger partial charge in [-0.05, 0) is 73.7 Å². The van der Waals surface area contributed by atoms with Crippen LogP contribution in [0.3, 0.4) is 0 Å². The second-order valence-electron chi connectivity index (χ2n) is 9.98. The molecule has 184 valence electrons. The molecule has 1 aromatic heterocycles. The van der Waals surface area contributed by atoms with Gasteiger partial charge in [0.15, 0.2) is 0 Å². The zero-order valence-electron chi connectivity index (χ0n) is 20.7. The molecule has 2 fully saturated rings. The molecule has 3 aromatic rings. The molecule has 1 amide bonds. The van der Waals surface area contributed by atoms with Crippen LogP contribution in [0.15, 0.2) is 54.6 Å². The fourth-order valence-electron chi connectivity index (χ4n) is 4.90. The molecule has 5 rings (SSSR count). The summed E-state index contributed by atoms with van der Waals surface area (Å²) >= 11 is 1.85. The van der Waals surface area contributed by atoms with E-state index in [-0.39, 0.29) is 11.9 Å². The zero-order valence-corrected chi connectivity index (χ0v) is 21.5. The number of carbonyl (C=O) groups excluding carboxylic acids is 1. The van der Waals surface area contributed by atoms with Crippen LogP contribution in [-0.4, -0.2) is 31.1 Å². The van der Waals surface area contributed by atoms with Crippen LogP contribution >= 0.6 is 11.3 Å². The SMILES string of the molecule is Cc1ccc(NC2CNC2)cc1C(=O)N[C@H](C)c1cccc(-c2ccc(CNC3CCCC3)s2)c1. The van der Waals surface area contributed by atoms with Crippen molar-refractivity contribution >= 4 is 22.9 Å². The van der Waals surface area contributed by atoms with Crippen LogP contribution in [0.4, 0.5) is 5.69 Å². The van der Waals surface area contributed by atoms with Crippen LogP contribution < -0.4 is 21.3 Å². The summed E-state index contributed by atoms with van der Waals surface area (Å²) in [5.74, 6) is -0.0350. The predicted molar refractivity (Wildman–Crippen MR) is 146 cm³/mol. The molecular formula is C29H36N4OS. The van der Waals surface area contributed by atoms with E-state index in [1.165, 1.54) is 41.0 Å². The van der Waals surface area contributed by atoms with Crippen LogP contribution in [0.25, 0.3) is 10.4 Å². The highest BCUT2D eigenvalue weighted by molar-refractivity contribution is 7.15. The lowest BCUT2D eigenvalue weighted by atomic mass is 10.0. The number of amides is 1. The second kappa shape index (κ2) is 10.9. The molecule has 0 unspecified atom stereocenters. The van der Waals surface area contributed by atoms with E-state index in [0.717, 1.165) is 42.0 Å². The molecule has 2 aromatic carbocycles. The van der Waals surface area contributed by atoms with Gasteiger partial charge in [-0.1, -0.05) is 37.1 Å². The first-order valence-electron chi connectivity index (χ1n) is 12.9. The Bertz CT molecular complexity index is 1160. The van der Waals surface area contributed by atoms with Gasteiger partial charge >= 0.3 is 0 Å². The Labute approximate surface area is 212 Å². The van der Waals surface area contributed by atoms with Crippen molar-refractivity contribution in [1.29, 1.82) is 0 Å². The number of thiophene rings is 1. The number of anilines is 1. The monoisotopic (exact) mass is 488 g/mol. The quantitative estimate of drug-likeness (QED) is 0.315. The van der Waals surface area contributed by atoms with E-state index in [1.807, 2.05) is 30.4 Å². The number of carbonyl (C=O) groups is 1. The average molecular weight is 489 g/mol. The van der Waals surface area contributed by atoms with Crippen LogP contribution in [-0.2, 0) is 6.54 Å². The number of hydrogen-bond donors (Lipinski definition) is 4. The van der Waals surface area contributed by atoms with Gasteiger partial charge in [-0.25, -0.2) is 0 Å². The smallest absolute Gasteiger partial charge is 0.252 e. The van der Waals surface area contributed by atoms with Gasteiger partial charge in [0, 0.05) is 46.7 Å². The summed E-state index contributed by atoms with van der Waals surface area (Å²) < 4.78 is 0. The van der Waals surface area contributed by atoms with Crippen molar-refractivity contribution in [2.45, 2.75) is 64.2 Å². The molecule has 5 nitrogen and oxygen atoms in total. The van der Waals surface area contributed by atoms with Crippen LogP contribution in [0.1, 0.15) is 65.0 Å². The third-order valence-corrected chi connectivity index (χ3v) is 8.37. The van der Waals surface area contributed by atoms with Gasteiger partial charge in [0.05, 0.1) is 12.1 Å². The Morgan fingerprint density at radius 1 is 1.06 bits per heavy atom. The lowest BCUT2D eigenvalue weighted by Crippen LogP contribution is -2.51. The van der Waals surface area contributed by atoms with E-state index >= 15 is 0 Å². The highest BCUT2D eigenvalue weighted by atomic mass is 32.1. The lowest BCUT2D eigenvalue weighted by Gasteiger charge is -2.29. The Morgan fingerprint density at radius 3 is 2.66 bits per heavy atom. The average Bonchev–Trinajstić information content (AvgIpc) is 3.53. The molecule has 2 aliphatic rings. The van der Waals surface area contributed by atoms with Gasteiger partial charge in [0.2, 0.25) is 0 Å². The number of aryl methyl sites for hydroxylation is 1. The first-order valence-corrected chi connectivity index (χ1v) is 13.7. The minimum Gasteiger partial charge on any atom is -0.380 e. The molecule has 2 heterocycles. The van der Waals surface area contributed by atoms with Gasteiger partial charge in [0.1, 0.15) is 0 Å². The first-order chi connectivity index (χ1) is 17.0. The summed E-state index contributed by atoms with van der Waals surface area (Å²) in [6, 6.07) is 20.1. The normalized spacial score (nSPS) is 17.2. The maximum Gasteiger partial charge on any atom is 0.252 e. The van der Waals surface area contributed by atoms with E-state index in [2.05, 4.69) is 70.7 Å². The van der Waals surface area contributed by atoms with E-state index < -0.39 is 0 Å². The maximum atomic E-state index is 13.2. The Hall–Kier alpha value is -2.67. The molecule has 1 aliphatic heterocycles. The molecule has 0 radical (unpaired) electrons. The highest BCUT2D eigenvalue weighted by Gasteiger charge is 2.19. The number of benzene rings is 2. The van der Waals surface area contributed by atoms with Crippen molar-refractivity contribution in [1.82, 2.24) is 16.0 Å². The van der Waals surface area contributed by atoms with Gasteiger partial charge in [0.25, 0.3) is 5.91 Å². The van der Waals surface area contributed by atoms with E-state index in [9.17, 15) is 4.79 Å². The minimum atomic E-state index is -0.0854. The predicted octanol–water partition coefficient (Wildman–Crippen LogP) is 5.63. The standard InChI is InChI=1S/C29H36N4OS/c1-19-10-11-24(33-25-16-30-17-25)15-27(19)29(34)32-20(2)21-6-5-7-22(14-21)28-13-12-26(35-28)18-31-23-8-3-4-9-23/h5-7,10-15,20,23,25,30-31,33H,3-4,8-9,16-18H2,1-2H3,(H,32,34)/t20-/m1/s1. The van der Waals surface area contributed by atoms with Crippen molar-refractivity contribution in [3.8, 4) is 10.4 Å². The minimum absolute atomic E-state index is 0.0350. The number of hydrogen-bond acceptors (Lipinski definition) is 5. The van der Waals surface area contributed by atoms with Crippen LogP contribution in [0.2, 0.25) is 0 Å². The van der Waals surface area contributed by atoms with E-state index in [0.29, 0.717) is 12.1 Å². The highest BCUT2D eigenvalue weighted by Crippen LogP contribution is 2.30. The Balaban J connectivity index is 1.23. The first kappa shape index (κ1) is 24.0. The zero-order chi connectivity index (χ0) is 24.2. The third-order valence-electron chi connectivity index (χ3n) is 7.23. The second-order valence-corrected chi connectivity index (χ2v) is 11.1. The lowest BCUT2D eigenvalue weighted by molar-refractivity contribution is 0.0939. The third kappa shape index (κ3) is 5.95. The number of nitrogens with one attached hydrogen (secondary N) is 4. The molecule has 35 heavy (non-hydrogen) atoms. The molecule has 0 bridgehead atoms. The molecule has 1 saturated heterocycles. The Kier molecular flexibility index (Phi) is 7.51. The summed E-state index contributed by atoms with van der Waals surface area (Å²) in [6.07, 6.45) is 5.33. The fraction of sp³-hybridized carbons (Fsp3) is 0.414. The van der Waals surface area contributed by atoms with Gasteiger partial charge < -0.3 is 21.3 Å².